The van der Waals surface area contributed by atoms with Crippen LogP contribution < -0.4 is 20.1 Å². The van der Waals surface area contributed by atoms with Gasteiger partial charge in [-0.2, -0.15) is 0 Å². The van der Waals surface area contributed by atoms with Crippen molar-refractivity contribution >= 4 is 28.3 Å². The highest BCUT2D eigenvalue weighted by atomic mass is 16.5. The number of aryl methyl sites for hydroxylation is 1. The van der Waals surface area contributed by atoms with Crippen LogP contribution in [-0.4, -0.2) is 24.8 Å². The number of methoxy groups -OCH3 is 2. The fraction of sp³-hybridized carbons (Fsp3) is 0.211. The zero-order chi connectivity index (χ0) is 17.8. The molecule has 0 aliphatic carbocycles. The first-order valence-corrected chi connectivity index (χ1v) is 8.04. The number of benzene rings is 2. The summed E-state index contributed by atoms with van der Waals surface area (Å²) in [4.78, 5) is 12.4. The van der Waals surface area contributed by atoms with Gasteiger partial charge >= 0.3 is 6.03 Å². The minimum absolute atomic E-state index is 0.331. The quantitative estimate of drug-likeness (QED) is 0.727. The zero-order valence-electron chi connectivity index (χ0n) is 14.5. The van der Waals surface area contributed by atoms with Gasteiger partial charge in [-0.25, -0.2) is 4.79 Å². The van der Waals surface area contributed by atoms with Crippen LogP contribution in [0.3, 0.4) is 0 Å². The molecule has 1 aromatic heterocycles. The molecule has 1 heterocycles. The second-order valence-electron chi connectivity index (χ2n) is 5.49. The van der Waals surface area contributed by atoms with Gasteiger partial charge in [-0.05, 0) is 25.1 Å². The lowest BCUT2D eigenvalue weighted by molar-refractivity contribution is 0.262. The van der Waals surface area contributed by atoms with E-state index in [1.807, 2.05) is 30.5 Å². The maximum absolute atomic E-state index is 12.4. The predicted octanol–water partition coefficient (Wildman–Crippen LogP) is 4.32. The minimum atomic E-state index is -0.331. The van der Waals surface area contributed by atoms with Crippen molar-refractivity contribution < 1.29 is 14.3 Å². The van der Waals surface area contributed by atoms with Crippen LogP contribution in [0.15, 0.2) is 48.7 Å². The van der Waals surface area contributed by atoms with E-state index >= 15 is 0 Å². The van der Waals surface area contributed by atoms with E-state index < -0.39 is 0 Å². The monoisotopic (exact) mass is 339 g/mol. The third kappa shape index (κ3) is 3.38. The molecule has 0 saturated heterocycles. The third-order valence-corrected chi connectivity index (χ3v) is 4.03. The van der Waals surface area contributed by atoms with Crippen LogP contribution in [0.2, 0.25) is 0 Å². The van der Waals surface area contributed by atoms with Crippen LogP contribution in [-0.2, 0) is 6.54 Å². The molecular formula is C19H21N3O3. The Hall–Kier alpha value is -3.15. The van der Waals surface area contributed by atoms with Gasteiger partial charge in [-0.1, -0.05) is 18.2 Å². The average Bonchev–Trinajstić information content (AvgIpc) is 2.99. The average molecular weight is 339 g/mol. The molecule has 130 valence electrons. The van der Waals surface area contributed by atoms with E-state index in [1.165, 1.54) is 0 Å². The largest absolute Gasteiger partial charge is 0.497 e. The lowest BCUT2D eigenvalue weighted by Crippen LogP contribution is -2.19. The standard InChI is InChI=1S/C19H21N3O3/c1-4-22-12-16(14-7-5-6-8-17(14)22)21-19(23)20-15-10-9-13(24-2)11-18(15)25-3/h5-12H,4H2,1-3H3,(H2,20,21,23). The molecule has 0 unspecified atom stereocenters. The highest BCUT2D eigenvalue weighted by Gasteiger charge is 2.12. The van der Waals surface area contributed by atoms with Gasteiger partial charge in [0, 0.05) is 24.2 Å². The number of anilines is 2. The van der Waals surface area contributed by atoms with Gasteiger partial charge in [0.05, 0.1) is 31.1 Å². The van der Waals surface area contributed by atoms with Crippen LogP contribution in [0, 0.1) is 0 Å². The van der Waals surface area contributed by atoms with Crippen LogP contribution in [0.25, 0.3) is 10.9 Å². The van der Waals surface area contributed by atoms with E-state index in [-0.39, 0.29) is 6.03 Å². The van der Waals surface area contributed by atoms with Gasteiger partial charge in [0.25, 0.3) is 0 Å². The van der Waals surface area contributed by atoms with E-state index in [0.29, 0.717) is 17.2 Å². The Morgan fingerprint density at radius 1 is 1.04 bits per heavy atom. The lowest BCUT2D eigenvalue weighted by Gasteiger charge is -2.12. The number of amides is 2. The van der Waals surface area contributed by atoms with Gasteiger partial charge in [0.1, 0.15) is 11.5 Å². The number of aromatic nitrogens is 1. The van der Waals surface area contributed by atoms with Crippen molar-refractivity contribution in [1.29, 1.82) is 0 Å². The SMILES string of the molecule is CCn1cc(NC(=O)Nc2ccc(OC)cc2OC)c2ccccc21. The molecule has 0 saturated carbocycles. The van der Waals surface area contributed by atoms with E-state index in [2.05, 4.69) is 22.1 Å². The predicted molar refractivity (Wildman–Crippen MR) is 99.8 cm³/mol. The highest BCUT2D eigenvalue weighted by molar-refractivity contribution is 6.06. The summed E-state index contributed by atoms with van der Waals surface area (Å²) in [5.41, 5.74) is 2.42. The molecule has 0 radical (unpaired) electrons. The van der Waals surface area contributed by atoms with Crippen LogP contribution >= 0.6 is 0 Å². The van der Waals surface area contributed by atoms with Crippen LogP contribution in [0.1, 0.15) is 6.92 Å². The van der Waals surface area contributed by atoms with Crippen LogP contribution in [0.5, 0.6) is 11.5 Å². The normalized spacial score (nSPS) is 10.5. The second kappa shape index (κ2) is 7.17. The lowest BCUT2D eigenvalue weighted by atomic mass is 10.2. The fourth-order valence-electron chi connectivity index (χ4n) is 2.79. The maximum Gasteiger partial charge on any atom is 0.323 e. The summed E-state index contributed by atoms with van der Waals surface area (Å²) < 4.78 is 12.6. The molecule has 0 aliphatic heterocycles. The zero-order valence-corrected chi connectivity index (χ0v) is 14.5. The first-order valence-electron chi connectivity index (χ1n) is 8.04. The number of nitrogens with one attached hydrogen (secondary N) is 2. The number of rotatable bonds is 5. The molecule has 0 atom stereocenters. The number of fused-ring (bicyclic) bond motifs is 1. The van der Waals surface area contributed by atoms with Gasteiger partial charge < -0.3 is 24.7 Å². The number of carbonyl (C=O) groups is 1. The summed E-state index contributed by atoms with van der Waals surface area (Å²) in [6, 6.07) is 12.9. The number of urea groups is 1. The third-order valence-electron chi connectivity index (χ3n) is 4.03. The molecule has 2 N–H and O–H groups in total. The Bertz CT molecular complexity index is 902. The molecular weight excluding hydrogens is 318 g/mol. The van der Waals surface area contributed by atoms with Gasteiger partial charge in [-0.15, -0.1) is 0 Å². The molecule has 3 rings (SSSR count). The van der Waals surface area contributed by atoms with E-state index in [4.69, 9.17) is 9.47 Å². The van der Waals surface area contributed by atoms with Crippen LogP contribution in [0.4, 0.5) is 16.2 Å². The van der Waals surface area contributed by atoms with Gasteiger partial charge in [0.2, 0.25) is 0 Å². The summed E-state index contributed by atoms with van der Waals surface area (Å²) >= 11 is 0. The van der Waals surface area contributed by atoms with Gasteiger partial charge in [-0.3, -0.25) is 0 Å². The first-order chi connectivity index (χ1) is 12.2. The number of ether oxygens (including phenoxy) is 2. The molecule has 6 heteroatoms. The molecule has 0 spiro atoms. The summed E-state index contributed by atoms with van der Waals surface area (Å²) in [5.74, 6) is 1.19. The fourth-order valence-corrected chi connectivity index (χ4v) is 2.79. The molecule has 0 aliphatic rings. The second-order valence-corrected chi connectivity index (χ2v) is 5.49. The Morgan fingerprint density at radius 3 is 2.52 bits per heavy atom. The Morgan fingerprint density at radius 2 is 1.80 bits per heavy atom. The molecule has 2 aromatic carbocycles. The number of nitrogens with zero attached hydrogens (tertiary/aromatic N) is 1. The molecule has 0 fully saturated rings. The Kier molecular flexibility index (Phi) is 4.79. The van der Waals surface area contributed by atoms with Crippen molar-refractivity contribution in [3.8, 4) is 11.5 Å². The smallest absolute Gasteiger partial charge is 0.323 e. The maximum atomic E-state index is 12.4. The number of para-hydroxylation sites is 1. The number of hydrogen-bond acceptors (Lipinski definition) is 3. The molecule has 0 bridgehead atoms. The summed E-state index contributed by atoms with van der Waals surface area (Å²) in [6.07, 6.45) is 1.94. The summed E-state index contributed by atoms with van der Waals surface area (Å²) in [5, 5.41) is 6.72. The minimum Gasteiger partial charge on any atom is -0.497 e. The number of hydrogen-bond donors (Lipinski definition) is 2. The van der Waals surface area contributed by atoms with Crippen molar-refractivity contribution in [1.82, 2.24) is 4.57 Å². The molecule has 3 aromatic rings. The van der Waals surface area contributed by atoms with Crippen molar-refractivity contribution in [3.05, 3.63) is 48.7 Å². The topological polar surface area (TPSA) is 64.5 Å². The molecule has 6 nitrogen and oxygen atoms in total. The van der Waals surface area contributed by atoms with E-state index in [0.717, 1.165) is 23.1 Å². The molecule has 25 heavy (non-hydrogen) atoms. The van der Waals surface area contributed by atoms with Crippen molar-refractivity contribution in [2.24, 2.45) is 0 Å². The number of carbonyl (C=O) groups excluding carboxylic acids is 1. The Balaban J connectivity index is 1.82. The molecule has 2 amide bonds. The Labute approximate surface area is 146 Å². The van der Waals surface area contributed by atoms with Crippen molar-refractivity contribution in [3.63, 3.8) is 0 Å². The summed E-state index contributed by atoms with van der Waals surface area (Å²) in [7, 11) is 3.13. The van der Waals surface area contributed by atoms with Crippen molar-refractivity contribution in [2.75, 3.05) is 24.9 Å². The van der Waals surface area contributed by atoms with E-state index in [1.54, 1.807) is 32.4 Å². The van der Waals surface area contributed by atoms with Crippen molar-refractivity contribution in [2.45, 2.75) is 13.5 Å². The first kappa shape index (κ1) is 16.7. The van der Waals surface area contributed by atoms with Gasteiger partial charge in [0.15, 0.2) is 0 Å². The van der Waals surface area contributed by atoms with E-state index in [9.17, 15) is 4.79 Å². The summed E-state index contributed by atoms with van der Waals surface area (Å²) in [6.45, 7) is 2.90. The highest BCUT2D eigenvalue weighted by Crippen LogP contribution is 2.30.